The number of hydrogen-bond acceptors (Lipinski definition) is 1. The van der Waals surface area contributed by atoms with Crippen molar-refractivity contribution >= 4 is 0 Å². The number of fused-ring (bicyclic) bond motifs is 2. The second-order valence-corrected chi connectivity index (χ2v) is 2.86. The molecule has 0 radical (unpaired) electrons. The van der Waals surface area contributed by atoms with Gasteiger partial charge in [-0.1, -0.05) is 13.0 Å². The van der Waals surface area contributed by atoms with Crippen molar-refractivity contribution in [1.82, 2.24) is 0 Å². The third-order valence-corrected chi connectivity index (χ3v) is 2.42. The van der Waals surface area contributed by atoms with Gasteiger partial charge < -0.3 is 5.73 Å². The van der Waals surface area contributed by atoms with E-state index in [2.05, 4.69) is 13.0 Å². The Morgan fingerprint density at radius 3 is 2.67 bits per heavy atom. The summed E-state index contributed by atoms with van der Waals surface area (Å²) in [6.07, 6.45) is 4.69. The number of nitrogens with two attached hydrogens (primary N) is 1. The second-order valence-electron chi connectivity index (χ2n) is 2.86. The summed E-state index contributed by atoms with van der Waals surface area (Å²) in [5.41, 5.74) is 9.71. The Balaban J connectivity index is 2.46. The summed E-state index contributed by atoms with van der Waals surface area (Å²) in [6, 6.07) is 0. The van der Waals surface area contributed by atoms with E-state index in [9.17, 15) is 0 Å². The zero-order chi connectivity index (χ0) is 6.43. The highest BCUT2D eigenvalue weighted by Gasteiger charge is 2.31. The second kappa shape index (κ2) is 1.41. The molecule has 0 aromatic rings. The summed E-state index contributed by atoms with van der Waals surface area (Å²) in [5.74, 6) is 0.693. The predicted molar refractivity (Wildman–Crippen MR) is 37.7 cm³/mol. The molecule has 3 aliphatic rings. The van der Waals surface area contributed by atoms with Crippen molar-refractivity contribution in [3.8, 4) is 0 Å². The summed E-state index contributed by atoms with van der Waals surface area (Å²) in [7, 11) is 0. The van der Waals surface area contributed by atoms with E-state index < -0.39 is 0 Å². The molecule has 2 bridgehead atoms. The molecule has 1 nitrogen and oxygen atoms in total. The maximum absolute atomic E-state index is 5.73. The van der Waals surface area contributed by atoms with Crippen molar-refractivity contribution in [3.63, 3.8) is 0 Å². The SMILES string of the molecule is CC1C2=CCCC1=C2N. The zero-order valence-electron chi connectivity index (χ0n) is 5.65. The lowest BCUT2D eigenvalue weighted by Crippen LogP contribution is -2.27. The van der Waals surface area contributed by atoms with Gasteiger partial charge in [0.05, 0.1) is 0 Å². The predicted octanol–water partition coefficient (Wildman–Crippen LogP) is 1.57. The Labute approximate surface area is 55.2 Å². The third-order valence-electron chi connectivity index (χ3n) is 2.42. The average Bonchev–Trinajstić information content (AvgIpc) is 1.91. The highest BCUT2D eigenvalue weighted by atomic mass is 14.7. The van der Waals surface area contributed by atoms with Gasteiger partial charge in [0, 0.05) is 11.6 Å². The summed E-state index contributed by atoms with van der Waals surface area (Å²) in [6.45, 7) is 2.23. The van der Waals surface area contributed by atoms with Crippen LogP contribution in [-0.4, -0.2) is 0 Å². The molecule has 3 aliphatic carbocycles. The first-order valence-corrected chi connectivity index (χ1v) is 3.49. The van der Waals surface area contributed by atoms with E-state index in [1.54, 1.807) is 0 Å². The van der Waals surface area contributed by atoms with E-state index in [0.29, 0.717) is 5.92 Å². The zero-order valence-corrected chi connectivity index (χ0v) is 5.65. The fourth-order valence-electron chi connectivity index (χ4n) is 1.78. The van der Waals surface area contributed by atoms with Crippen LogP contribution in [0.5, 0.6) is 0 Å². The Bertz CT molecular complexity index is 211. The monoisotopic (exact) mass is 121 g/mol. The molecule has 0 aliphatic heterocycles. The molecule has 0 spiro atoms. The molecule has 1 atom stereocenters. The molecular weight excluding hydrogens is 110 g/mol. The van der Waals surface area contributed by atoms with Crippen LogP contribution in [-0.2, 0) is 0 Å². The molecule has 1 unspecified atom stereocenters. The lowest BCUT2D eigenvalue weighted by Gasteiger charge is -2.35. The van der Waals surface area contributed by atoms with Gasteiger partial charge in [-0.05, 0) is 24.0 Å². The highest BCUT2D eigenvalue weighted by molar-refractivity contribution is 5.51. The van der Waals surface area contributed by atoms with Crippen LogP contribution in [0.2, 0.25) is 0 Å². The number of rotatable bonds is 0. The van der Waals surface area contributed by atoms with Crippen molar-refractivity contribution in [3.05, 3.63) is 22.9 Å². The van der Waals surface area contributed by atoms with Crippen LogP contribution in [0.4, 0.5) is 0 Å². The molecule has 0 aromatic carbocycles. The normalized spacial score (nSPS) is 31.7. The molecule has 1 heteroatoms. The van der Waals surface area contributed by atoms with Gasteiger partial charge >= 0.3 is 0 Å². The molecule has 2 N–H and O–H groups in total. The first-order valence-electron chi connectivity index (χ1n) is 3.49. The van der Waals surface area contributed by atoms with E-state index in [4.69, 9.17) is 5.73 Å². The van der Waals surface area contributed by atoms with Gasteiger partial charge in [0.1, 0.15) is 0 Å². The minimum atomic E-state index is 0.693. The van der Waals surface area contributed by atoms with Crippen LogP contribution >= 0.6 is 0 Å². The van der Waals surface area contributed by atoms with E-state index >= 15 is 0 Å². The minimum Gasteiger partial charge on any atom is -0.399 e. The van der Waals surface area contributed by atoms with E-state index in [-0.39, 0.29) is 0 Å². The van der Waals surface area contributed by atoms with E-state index in [1.807, 2.05) is 0 Å². The molecule has 0 saturated carbocycles. The van der Waals surface area contributed by atoms with Crippen molar-refractivity contribution in [2.75, 3.05) is 0 Å². The van der Waals surface area contributed by atoms with E-state index in [0.717, 1.165) is 5.70 Å². The lowest BCUT2D eigenvalue weighted by atomic mass is 9.71. The molecule has 0 saturated heterocycles. The maximum atomic E-state index is 5.73. The smallest absolute Gasteiger partial charge is 0.0347 e. The molecule has 0 amide bonds. The standard InChI is InChI=1S/C8H11N/c1-5-6-3-2-4-7(5)8(6)9/h3,5H,2,4,9H2,1H3. The average molecular weight is 121 g/mol. The topological polar surface area (TPSA) is 26.0 Å². The molecule has 0 aromatic heterocycles. The largest absolute Gasteiger partial charge is 0.399 e. The lowest BCUT2D eigenvalue weighted by molar-refractivity contribution is 0.629. The molecule has 9 heavy (non-hydrogen) atoms. The summed E-state index contributed by atoms with van der Waals surface area (Å²) >= 11 is 0. The molecule has 0 fully saturated rings. The maximum Gasteiger partial charge on any atom is 0.0347 e. The Morgan fingerprint density at radius 2 is 2.44 bits per heavy atom. The van der Waals surface area contributed by atoms with Crippen molar-refractivity contribution in [1.29, 1.82) is 0 Å². The third kappa shape index (κ3) is 0.448. The van der Waals surface area contributed by atoms with Gasteiger partial charge in [0.2, 0.25) is 0 Å². The van der Waals surface area contributed by atoms with Crippen molar-refractivity contribution in [2.24, 2.45) is 11.7 Å². The fourth-order valence-corrected chi connectivity index (χ4v) is 1.78. The van der Waals surface area contributed by atoms with Crippen LogP contribution in [0.1, 0.15) is 19.8 Å². The highest BCUT2D eigenvalue weighted by Crippen LogP contribution is 2.43. The van der Waals surface area contributed by atoms with Gasteiger partial charge in [-0.25, -0.2) is 0 Å². The Morgan fingerprint density at radius 1 is 1.67 bits per heavy atom. The Hall–Kier alpha value is -0.720. The van der Waals surface area contributed by atoms with Crippen molar-refractivity contribution < 1.29 is 0 Å². The Kier molecular flexibility index (Phi) is 0.797. The molecular formula is C8H11N. The van der Waals surface area contributed by atoms with Gasteiger partial charge in [0.15, 0.2) is 0 Å². The molecule has 0 heterocycles. The first kappa shape index (κ1) is 5.10. The summed E-state index contributed by atoms with van der Waals surface area (Å²) in [5, 5.41) is 0. The molecule has 3 rings (SSSR count). The van der Waals surface area contributed by atoms with Crippen molar-refractivity contribution in [2.45, 2.75) is 19.8 Å². The van der Waals surface area contributed by atoms with Gasteiger partial charge in [-0.2, -0.15) is 0 Å². The summed E-state index contributed by atoms with van der Waals surface area (Å²) in [4.78, 5) is 0. The summed E-state index contributed by atoms with van der Waals surface area (Å²) < 4.78 is 0. The van der Waals surface area contributed by atoms with Crippen LogP contribution in [0.3, 0.4) is 0 Å². The number of allylic oxidation sites excluding steroid dienone is 3. The van der Waals surface area contributed by atoms with Gasteiger partial charge in [-0.3, -0.25) is 0 Å². The number of hydrogen-bond donors (Lipinski definition) is 1. The fraction of sp³-hybridized carbons (Fsp3) is 0.500. The molecule has 48 valence electrons. The van der Waals surface area contributed by atoms with Crippen LogP contribution in [0.25, 0.3) is 0 Å². The first-order chi connectivity index (χ1) is 4.30. The quantitative estimate of drug-likeness (QED) is 0.517. The minimum absolute atomic E-state index is 0.693. The van der Waals surface area contributed by atoms with Crippen LogP contribution < -0.4 is 5.73 Å². The van der Waals surface area contributed by atoms with Crippen LogP contribution in [0.15, 0.2) is 22.9 Å². The van der Waals surface area contributed by atoms with Gasteiger partial charge in [-0.15, -0.1) is 0 Å². The van der Waals surface area contributed by atoms with Crippen LogP contribution in [0, 0.1) is 5.92 Å². The van der Waals surface area contributed by atoms with Gasteiger partial charge in [0.25, 0.3) is 0 Å². The van der Waals surface area contributed by atoms with E-state index in [1.165, 1.54) is 24.0 Å².